The minimum absolute atomic E-state index is 0.422. The zero-order valence-electron chi connectivity index (χ0n) is 8.00. The van der Waals surface area contributed by atoms with Gasteiger partial charge in [0, 0.05) is 6.54 Å². The Bertz CT molecular complexity index is 266. The Balaban J connectivity index is 4.10. The predicted octanol–water partition coefficient (Wildman–Crippen LogP) is 0.232. The van der Waals surface area contributed by atoms with Crippen LogP contribution in [0.4, 0.5) is 0 Å². The number of hydrogen-bond acceptors (Lipinski definition) is 2. The summed E-state index contributed by atoms with van der Waals surface area (Å²) in [5.41, 5.74) is 0. The minimum Gasteiger partial charge on any atom is -0.202 e. The van der Waals surface area contributed by atoms with E-state index in [4.69, 9.17) is 6.42 Å². The average Bonchev–Trinajstić information content (AvgIpc) is 2.11. The van der Waals surface area contributed by atoms with E-state index in [0.29, 0.717) is 13.0 Å². The molecule has 1 unspecified atom stereocenters. The molecule has 0 spiro atoms. The summed E-state index contributed by atoms with van der Waals surface area (Å²) in [6, 6.07) is -0.422. The van der Waals surface area contributed by atoms with Gasteiger partial charge in [0.25, 0.3) is 10.2 Å². The summed E-state index contributed by atoms with van der Waals surface area (Å²) in [5, 5.41) is 0. The molecular weight excluding hydrogens is 188 g/mol. The largest absolute Gasteiger partial charge is 0.278 e. The van der Waals surface area contributed by atoms with Crippen molar-refractivity contribution in [2.45, 2.75) is 32.7 Å². The summed E-state index contributed by atoms with van der Waals surface area (Å²) in [6.45, 7) is 4.14. The highest BCUT2D eigenvalue weighted by molar-refractivity contribution is 7.87. The molecule has 0 aliphatic rings. The van der Waals surface area contributed by atoms with Gasteiger partial charge in [-0.1, -0.05) is 19.8 Å². The van der Waals surface area contributed by atoms with Crippen LogP contribution in [0.1, 0.15) is 26.7 Å². The molecule has 0 saturated carbocycles. The van der Waals surface area contributed by atoms with Gasteiger partial charge in [0.2, 0.25) is 0 Å². The van der Waals surface area contributed by atoms with Crippen molar-refractivity contribution in [3.05, 3.63) is 0 Å². The lowest BCUT2D eigenvalue weighted by Crippen LogP contribution is -2.42. The molecule has 13 heavy (non-hydrogen) atoms. The average molecular weight is 204 g/mol. The maximum atomic E-state index is 11.2. The van der Waals surface area contributed by atoms with Gasteiger partial charge in [0.1, 0.15) is 0 Å². The highest BCUT2D eigenvalue weighted by atomic mass is 32.2. The fourth-order valence-electron chi connectivity index (χ4n) is 0.701. The van der Waals surface area contributed by atoms with E-state index in [2.05, 4.69) is 15.4 Å². The van der Waals surface area contributed by atoms with Gasteiger partial charge in [0.15, 0.2) is 0 Å². The molecule has 0 heterocycles. The molecule has 1 atom stereocenters. The first-order valence-electron chi connectivity index (χ1n) is 4.28. The Morgan fingerprint density at radius 1 is 1.46 bits per heavy atom. The van der Waals surface area contributed by atoms with E-state index < -0.39 is 16.3 Å². The third-order valence-corrected chi connectivity index (χ3v) is 2.63. The summed E-state index contributed by atoms with van der Waals surface area (Å²) in [5.74, 6) is 2.35. The molecule has 2 N–H and O–H groups in total. The van der Waals surface area contributed by atoms with Crippen molar-refractivity contribution in [1.82, 2.24) is 9.44 Å². The second-order valence-electron chi connectivity index (χ2n) is 2.64. The molecule has 0 bridgehead atoms. The highest BCUT2D eigenvalue weighted by Crippen LogP contribution is 1.90. The topological polar surface area (TPSA) is 58.2 Å². The normalized spacial score (nSPS) is 13.6. The van der Waals surface area contributed by atoms with Gasteiger partial charge in [-0.2, -0.15) is 13.1 Å². The number of terminal acetylenes is 1. The van der Waals surface area contributed by atoms with E-state index in [1.807, 2.05) is 13.8 Å². The lowest BCUT2D eigenvalue weighted by atomic mass is 10.3. The van der Waals surface area contributed by atoms with Crippen molar-refractivity contribution >= 4 is 10.2 Å². The van der Waals surface area contributed by atoms with Gasteiger partial charge in [0.05, 0.1) is 6.04 Å². The minimum atomic E-state index is -3.41. The molecule has 0 rings (SSSR count). The van der Waals surface area contributed by atoms with Gasteiger partial charge < -0.3 is 0 Å². The first-order chi connectivity index (χ1) is 6.05. The Labute approximate surface area is 80.3 Å². The van der Waals surface area contributed by atoms with Gasteiger partial charge in [-0.15, -0.1) is 6.42 Å². The van der Waals surface area contributed by atoms with Crippen LogP contribution >= 0.6 is 0 Å². The van der Waals surface area contributed by atoms with Crippen LogP contribution in [0.2, 0.25) is 0 Å². The van der Waals surface area contributed by atoms with Crippen LogP contribution in [0.5, 0.6) is 0 Å². The van der Waals surface area contributed by atoms with Crippen LogP contribution in [0, 0.1) is 12.3 Å². The second kappa shape index (κ2) is 5.97. The van der Waals surface area contributed by atoms with Crippen LogP contribution < -0.4 is 9.44 Å². The lowest BCUT2D eigenvalue weighted by Gasteiger charge is -2.11. The molecule has 76 valence electrons. The standard InChI is InChI=1S/C8H16N2O2S/c1-4-7-9-13(11,12)10-8(5-2)6-3/h2,8-10H,4,6-7H2,1,3H3. The Hall–Kier alpha value is -0.570. The van der Waals surface area contributed by atoms with Crippen LogP contribution in [0.3, 0.4) is 0 Å². The summed E-state index contributed by atoms with van der Waals surface area (Å²) in [6.07, 6.45) is 6.46. The Morgan fingerprint density at radius 2 is 2.08 bits per heavy atom. The Kier molecular flexibility index (Phi) is 5.71. The number of nitrogens with one attached hydrogen (secondary N) is 2. The van der Waals surface area contributed by atoms with Crippen LogP contribution in [0.15, 0.2) is 0 Å². The predicted molar refractivity (Wildman–Crippen MR) is 53.3 cm³/mol. The summed E-state index contributed by atoms with van der Waals surface area (Å²) < 4.78 is 27.1. The quantitative estimate of drug-likeness (QED) is 0.609. The van der Waals surface area contributed by atoms with Crippen LogP contribution in [-0.4, -0.2) is 21.0 Å². The van der Waals surface area contributed by atoms with Crippen LogP contribution in [0.25, 0.3) is 0 Å². The van der Waals surface area contributed by atoms with E-state index in [0.717, 1.165) is 6.42 Å². The van der Waals surface area contributed by atoms with Crippen LogP contribution in [-0.2, 0) is 10.2 Å². The zero-order valence-corrected chi connectivity index (χ0v) is 8.82. The van der Waals surface area contributed by atoms with E-state index in [1.165, 1.54) is 0 Å². The zero-order chi connectivity index (χ0) is 10.3. The molecule has 5 heteroatoms. The molecule has 0 aromatic rings. The van der Waals surface area contributed by atoms with E-state index in [9.17, 15) is 8.42 Å². The summed E-state index contributed by atoms with van der Waals surface area (Å²) in [4.78, 5) is 0. The van der Waals surface area contributed by atoms with Gasteiger partial charge in [-0.05, 0) is 12.8 Å². The molecule has 0 amide bonds. The monoisotopic (exact) mass is 204 g/mol. The molecule has 0 fully saturated rings. The second-order valence-corrected chi connectivity index (χ2v) is 4.17. The first kappa shape index (κ1) is 12.4. The van der Waals surface area contributed by atoms with Crippen molar-refractivity contribution in [3.63, 3.8) is 0 Å². The summed E-state index contributed by atoms with van der Waals surface area (Å²) >= 11 is 0. The first-order valence-corrected chi connectivity index (χ1v) is 5.77. The SMILES string of the molecule is C#CC(CC)NS(=O)(=O)NCCC. The number of hydrogen-bond donors (Lipinski definition) is 2. The molecule has 0 aromatic heterocycles. The molecule has 0 radical (unpaired) electrons. The van der Waals surface area contributed by atoms with Crippen molar-refractivity contribution in [2.24, 2.45) is 0 Å². The molecular formula is C8H16N2O2S. The maximum absolute atomic E-state index is 11.2. The molecule has 0 aromatic carbocycles. The van der Waals surface area contributed by atoms with E-state index in [1.54, 1.807) is 0 Å². The van der Waals surface area contributed by atoms with Crippen molar-refractivity contribution in [3.8, 4) is 12.3 Å². The third kappa shape index (κ3) is 5.64. The van der Waals surface area contributed by atoms with Gasteiger partial charge in [-0.3, -0.25) is 0 Å². The maximum Gasteiger partial charge on any atom is 0.278 e. The number of rotatable bonds is 6. The van der Waals surface area contributed by atoms with Gasteiger partial charge in [-0.25, -0.2) is 4.72 Å². The van der Waals surface area contributed by atoms with E-state index in [-0.39, 0.29) is 0 Å². The smallest absolute Gasteiger partial charge is 0.202 e. The fourth-order valence-corrected chi connectivity index (χ4v) is 1.87. The third-order valence-electron chi connectivity index (χ3n) is 1.45. The molecule has 0 saturated heterocycles. The fraction of sp³-hybridized carbons (Fsp3) is 0.750. The Morgan fingerprint density at radius 3 is 2.46 bits per heavy atom. The molecule has 0 aliphatic carbocycles. The van der Waals surface area contributed by atoms with E-state index >= 15 is 0 Å². The summed E-state index contributed by atoms with van der Waals surface area (Å²) in [7, 11) is -3.41. The lowest BCUT2D eigenvalue weighted by molar-refractivity contribution is 0.555. The molecule has 0 aliphatic heterocycles. The van der Waals surface area contributed by atoms with Crippen molar-refractivity contribution in [1.29, 1.82) is 0 Å². The van der Waals surface area contributed by atoms with Crippen molar-refractivity contribution in [2.75, 3.05) is 6.54 Å². The molecule has 4 nitrogen and oxygen atoms in total. The van der Waals surface area contributed by atoms with Crippen molar-refractivity contribution < 1.29 is 8.42 Å². The highest BCUT2D eigenvalue weighted by Gasteiger charge is 2.12. The van der Waals surface area contributed by atoms with Gasteiger partial charge >= 0.3 is 0 Å².